The van der Waals surface area contributed by atoms with Crippen molar-refractivity contribution in [2.75, 3.05) is 7.11 Å². The van der Waals surface area contributed by atoms with Crippen LogP contribution in [0, 0.1) is 13.8 Å². The average molecular weight is 500 g/mol. The second kappa shape index (κ2) is 9.58. The van der Waals surface area contributed by atoms with Gasteiger partial charge in [-0.15, -0.1) is 11.3 Å². The molecule has 0 aliphatic carbocycles. The van der Waals surface area contributed by atoms with Crippen LogP contribution in [0.15, 0.2) is 34.5 Å². The summed E-state index contributed by atoms with van der Waals surface area (Å²) >= 11 is 1.06. The van der Waals surface area contributed by atoms with Crippen molar-refractivity contribution in [2.45, 2.75) is 57.9 Å². The van der Waals surface area contributed by atoms with Crippen molar-refractivity contribution in [3.8, 4) is 11.1 Å². The normalized spacial score (nSPS) is 12.1. The van der Waals surface area contributed by atoms with Crippen LogP contribution in [0.2, 0.25) is 0 Å². The van der Waals surface area contributed by atoms with Gasteiger partial charge >= 0.3 is 10.1 Å². The van der Waals surface area contributed by atoms with E-state index in [0.717, 1.165) is 73.7 Å². The first-order valence-corrected chi connectivity index (χ1v) is 13.5. The van der Waals surface area contributed by atoms with Crippen LogP contribution in [0.1, 0.15) is 46.9 Å². The molecule has 0 amide bonds. The molecule has 0 aliphatic rings. The summed E-state index contributed by atoms with van der Waals surface area (Å²) in [6.45, 7) is 8.92. The minimum Gasteiger partial charge on any atom is -0.380 e. The maximum atomic E-state index is 12.0. The highest BCUT2D eigenvalue weighted by Crippen LogP contribution is 2.37. The molecule has 0 saturated heterocycles. The van der Waals surface area contributed by atoms with E-state index >= 15 is 0 Å². The first-order chi connectivity index (χ1) is 16.2. The Labute approximate surface area is 204 Å². The molecule has 0 bridgehead atoms. The van der Waals surface area contributed by atoms with E-state index in [1.807, 2.05) is 36.7 Å². The summed E-state index contributed by atoms with van der Waals surface area (Å²) in [6.07, 6.45) is 1.67. The number of nitrogens with zero attached hydrogens (tertiary/aromatic N) is 3. The largest absolute Gasteiger partial charge is 0.380 e. The van der Waals surface area contributed by atoms with E-state index in [-0.39, 0.29) is 4.21 Å². The molecule has 7 nitrogen and oxygen atoms in total. The third-order valence-corrected chi connectivity index (χ3v) is 8.24. The fourth-order valence-corrected chi connectivity index (χ4v) is 6.45. The van der Waals surface area contributed by atoms with Crippen LogP contribution in [0.5, 0.6) is 0 Å². The number of aromatic nitrogens is 3. The molecule has 4 rings (SSSR count). The van der Waals surface area contributed by atoms with Crippen molar-refractivity contribution in [1.29, 1.82) is 0 Å². The standard InChI is InChI=1S/C25H29N3O4S2/c1-6-21-24-22(7-2)27-28(23(24)10-15(3)26-21)13-17-8-9-19(18(12-17)14-32-5)20-11-16(4)33-25(20)34(29,30)31/h8-12H,6-7,13-14H2,1-5H3,(H,29,30,31). The zero-order valence-electron chi connectivity index (χ0n) is 20.0. The van der Waals surface area contributed by atoms with E-state index in [9.17, 15) is 13.0 Å². The Bertz CT molecular complexity index is 1470. The molecule has 0 aliphatic heterocycles. The van der Waals surface area contributed by atoms with Crippen LogP contribution in [0.25, 0.3) is 22.0 Å². The van der Waals surface area contributed by atoms with E-state index in [2.05, 4.69) is 19.9 Å². The number of rotatable bonds is 8. The molecule has 0 atom stereocenters. The zero-order valence-corrected chi connectivity index (χ0v) is 21.7. The van der Waals surface area contributed by atoms with Crippen molar-refractivity contribution in [3.05, 3.63) is 63.4 Å². The molecule has 0 unspecified atom stereocenters. The predicted octanol–water partition coefficient (Wildman–Crippen LogP) is 5.34. The Morgan fingerprint density at radius 2 is 1.79 bits per heavy atom. The smallest absolute Gasteiger partial charge is 0.304 e. The van der Waals surface area contributed by atoms with E-state index in [1.54, 1.807) is 13.2 Å². The molecule has 4 aromatic rings. The Hall–Kier alpha value is -2.59. The van der Waals surface area contributed by atoms with E-state index in [1.165, 1.54) is 0 Å². The Morgan fingerprint density at radius 1 is 1.06 bits per heavy atom. The number of ether oxygens (including phenoxy) is 1. The summed E-state index contributed by atoms with van der Waals surface area (Å²) in [5.74, 6) is 0. The molecule has 180 valence electrons. The van der Waals surface area contributed by atoms with Gasteiger partial charge < -0.3 is 4.74 Å². The Morgan fingerprint density at radius 3 is 2.44 bits per heavy atom. The van der Waals surface area contributed by atoms with Crippen molar-refractivity contribution >= 4 is 32.4 Å². The van der Waals surface area contributed by atoms with Gasteiger partial charge in [0.1, 0.15) is 0 Å². The topological polar surface area (TPSA) is 94.3 Å². The Balaban J connectivity index is 1.81. The second-order valence-electron chi connectivity index (χ2n) is 8.37. The zero-order chi connectivity index (χ0) is 24.6. The van der Waals surface area contributed by atoms with Gasteiger partial charge in [-0.1, -0.05) is 32.0 Å². The van der Waals surface area contributed by atoms with Crippen LogP contribution in [-0.2, 0) is 40.8 Å². The summed E-state index contributed by atoms with van der Waals surface area (Å²) in [6, 6.07) is 9.77. The van der Waals surface area contributed by atoms with Crippen LogP contribution in [0.3, 0.4) is 0 Å². The molecule has 3 heterocycles. The first kappa shape index (κ1) is 24.5. The molecule has 0 saturated carbocycles. The highest BCUT2D eigenvalue weighted by atomic mass is 32.3. The first-order valence-electron chi connectivity index (χ1n) is 11.2. The summed E-state index contributed by atoms with van der Waals surface area (Å²) in [7, 11) is -2.72. The molecule has 0 spiro atoms. The Kier molecular flexibility index (Phi) is 6.91. The minimum absolute atomic E-state index is 0.0455. The van der Waals surface area contributed by atoms with Crippen LogP contribution >= 0.6 is 11.3 Å². The third kappa shape index (κ3) is 4.65. The SMILES string of the molecule is CCc1nc(C)cc2c1c(CC)nn2Cc1ccc(-c2cc(C)sc2S(=O)(=O)O)c(COC)c1. The van der Waals surface area contributed by atoms with Crippen LogP contribution < -0.4 is 0 Å². The highest BCUT2D eigenvalue weighted by Gasteiger charge is 2.22. The monoisotopic (exact) mass is 499 g/mol. The molecule has 1 aromatic carbocycles. The minimum atomic E-state index is -4.33. The summed E-state index contributed by atoms with van der Waals surface area (Å²) in [5.41, 5.74) is 7.25. The lowest BCUT2D eigenvalue weighted by Crippen LogP contribution is -2.05. The fraction of sp³-hybridized carbons (Fsp3) is 0.360. The van der Waals surface area contributed by atoms with Crippen molar-refractivity contribution in [1.82, 2.24) is 14.8 Å². The van der Waals surface area contributed by atoms with Crippen LogP contribution in [-0.4, -0.2) is 34.8 Å². The number of hydrogen-bond acceptors (Lipinski definition) is 6. The van der Waals surface area contributed by atoms with Gasteiger partial charge in [-0.25, -0.2) is 0 Å². The van der Waals surface area contributed by atoms with E-state index in [4.69, 9.17) is 14.8 Å². The number of methoxy groups -OCH3 is 1. The van der Waals surface area contributed by atoms with E-state index < -0.39 is 10.1 Å². The quantitative estimate of drug-likeness (QED) is 0.329. The summed E-state index contributed by atoms with van der Waals surface area (Å²) in [5, 5.41) is 6.03. The second-order valence-corrected chi connectivity index (χ2v) is 11.2. The number of hydrogen-bond donors (Lipinski definition) is 1. The number of fused-ring (bicyclic) bond motifs is 1. The molecule has 9 heteroatoms. The lowest BCUT2D eigenvalue weighted by Gasteiger charge is -2.13. The third-order valence-electron chi connectivity index (χ3n) is 5.83. The highest BCUT2D eigenvalue weighted by molar-refractivity contribution is 7.88. The summed E-state index contributed by atoms with van der Waals surface area (Å²) < 4.78 is 41.1. The maximum absolute atomic E-state index is 12.0. The van der Waals surface area contributed by atoms with E-state index in [0.29, 0.717) is 18.7 Å². The lowest BCUT2D eigenvalue weighted by molar-refractivity contribution is 0.185. The van der Waals surface area contributed by atoms with Gasteiger partial charge in [0.2, 0.25) is 0 Å². The van der Waals surface area contributed by atoms with Gasteiger partial charge in [-0.2, -0.15) is 13.5 Å². The lowest BCUT2D eigenvalue weighted by atomic mass is 9.99. The molecular weight excluding hydrogens is 470 g/mol. The number of pyridine rings is 1. The van der Waals surface area contributed by atoms with Gasteiger partial charge in [-0.05, 0) is 55.5 Å². The van der Waals surface area contributed by atoms with Gasteiger partial charge in [0.05, 0.1) is 30.1 Å². The molecule has 1 N–H and O–H groups in total. The van der Waals surface area contributed by atoms with Gasteiger partial charge in [-0.3, -0.25) is 14.2 Å². The molecular formula is C25H29N3O4S2. The van der Waals surface area contributed by atoms with Crippen LogP contribution in [0.4, 0.5) is 0 Å². The molecule has 0 radical (unpaired) electrons. The average Bonchev–Trinajstić information content (AvgIpc) is 3.34. The predicted molar refractivity (Wildman–Crippen MR) is 135 cm³/mol. The number of thiophene rings is 1. The molecule has 0 fully saturated rings. The number of aryl methyl sites for hydroxylation is 4. The van der Waals surface area contributed by atoms with Gasteiger partial charge in [0.25, 0.3) is 0 Å². The maximum Gasteiger partial charge on any atom is 0.304 e. The molecule has 34 heavy (non-hydrogen) atoms. The fourth-order valence-electron chi connectivity index (χ4n) is 4.44. The molecule has 3 aromatic heterocycles. The van der Waals surface area contributed by atoms with Crippen molar-refractivity contribution in [3.63, 3.8) is 0 Å². The van der Waals surface area contributed by atoms with Crippen molar-refractivity contribution < 1.29 is 17.7 Å². The summed E-state index contributed by atoms with van der Waals surface area (Å²) in [4.78, 5) is 5.53. The van der Waals surface area contributed by atoms with Crippen molar-refractivity contribution in [2.24, 2.45) is 0 Å². The van der Waals surface area contributed by atoms with Gasteiger partial charge in [0.15, 0.2) is 4.21 Å². The number of benzene rings is 1. The van der Waals surface area contributed by atoms with Gasteiger partial charge in [0, 0.05) is 28.6 Å².